The lowest BCUT2D eigenvalue weighted by molar-refractivity contribution is -0.113. The summed E-state index contributed by atoms with van der Waals surface area (Å²) in [5.74, 6) is -0.481. The standard InChI is InChI=1S/C4H8N2.C3H5NO/c1-2-5-4-6-3-1;1-2-3(4)5/h1-2,5-6H,3-4H2;2H,1H2,(H2,4,5). The first-order chi connectivity index (χ1) is 5.27. The summed E-state index contributed by atoms with van der Waals surface area (Å²) in [5.41, 5.74) is 4.53. The average molecular weight is 155 g/mol. The Morgan fingerprint density at radius 3 is 2.45 bits per heavy atom. The van der Waals surface area contributed by atoms with E-state index in [1.807, 2.05) is 12.3 Å². The van der Waals surface area contributed by atoms with Crippen LogP contribution in [0.3, 0.4) is 0 Å². The molecule has 0 atom stereocenters. The fourth-order valence-corrected chi connectivity index (χ4v) is 0.429. The van der Waals surface area contributed by atoms with Gasteiger partial charge in [0.1, 0.15) is 0 Å². The lowest BCUT2D eigenvalue weighted by Gasteiger charge is -2.05. The number of carbonyl (C=O) groups excluding carboxylic acids is 1. The quantitative estimate of drug-likeness (QED) is 0.439. The number of nitrogens with one attached hydrogen (secondary N) is 2. The molecule has 62 valence electrons. The molecule has 0 spiro atoms. The SMILES string of the molecule is C1=CNCNC1.C=CC(N)=O. The van der Waals surface area contributed by atoms with Gasteiger partial charge in [-0.1, -0.05) is 12.7 Å². The molecule has 1 amide bonds. The largest absolute Gasteiger partial charge is 0.379 e. The highest BCUT2D eigenvalue weighted by Crippen LogP contribution is 1.68. The zero-order chi connectivity index (χ0) is 8.53. The van der Waals surface area contributed by atoms with Crippen molar-refractivity contribution in [2.24, 2.45) is 5.73 Å². The molecule has 11 heavy (non-hydrogen) atoms. The van der Waals surface area contributed by atoms with E-state index in [1.165, 1.54) is 0 Å². The monoisotopic (exact) mass is 155 g/mol. The van der Waals surface area contributed by atoms with Crippen molar-refractivity contribution in [3.8, 4) is 0 Å². The van der Waals surface area contributed by atoms with Gasteiger partial charge in [-0.2, -0.15) is 0 Å². The first-order valence-electron chi connectivity index (χ1n) is 3.28. The second kappa shape index (κ2) is 6.82. The number of carbonyl (C=O) groups is 1. The van der Waals surface area contributed by atoms with Gasteiger partial charge in [0, 0.05) is 6.54 Å². The minimum atomic E-state index is -0.481. The van der Waals surface area contributed by atoms with Crippen LogP contribution in [0.15, 0.2) is 24.9 Å². The first kappa shape index (κ1) is 9.71. The summed E-state index contributed by atoms with van der Waals surface area (Å²) in [5, 5.41) is 6.08. The zero-order valence-corrected chi connectivity index (χ0v) is 6.34. The predicted octanol–water partition coefficient (Wildman–Crippen LogP) is -0.692. The van der Waals surface area contributed by atoms with E-state index in [9.17, 15) is 4.79 Å². The first-order valence-corrected chi connectivity index (χ1v) is 3.28. The molecule has 0 aromatic rings. The lowest BCUT2D eigenvalue weighted by Crippen LogP contribution is -2.29. The van der Waals surface area contributed by atoms with Gasteiger partial charge in [-0.15, -0.1) is 0 Å². The molecule has 1 aliphatic heterocycles. The van der Waals surface area contributed by atoms with E-state index in [4.69, 9.17) is 0 Å². The van der Waals surface area contributed by atoms with Crippen LogP contribution in [0.25, 0.3) is 0 Å². The lowest BCUT2D eigenvalue weighted by atomic mass is 10.5. The van der Waals surface area contributed by atoms with Crippen LogP contribution < -0.4 is 16.4 Å². The van der Waals surface area contributed by atoms with Gasteiger partial charge in [0.25, 0.3) is 0 Å². The van der Waals surface area contributed by atoms with E-state index in [0.29, 0.717) is 0 Å². The molecule has 4 nitrogen and oxygen atoms in total. The molecule has 0 saturated carbocycles. The molecule has 4 heteroatoms. The Kier molecular flexibility index (Phi) is 6.02. The third-order valence-corrected chi connectivity index (χ3v) is 0.926. The Bertz CT molecular complexity index is 146. The van der Waals surface area contributed by atoms with E-state index in [2.05, 4.69) is 22.9 Å². The molecule has 0 aliphatic carbocycles. The Labute approximate surface area is 66.2 Å². The average Bonchev–Trinajstić information content (AvgIpc) is 2.09. The van der Waals surface area contributed by atoms with Crippen molar-refractivity contribution in [1.29, 1.82) is 0 Å². The highest BCUT2D eigenvalue weighted by molar-refractivity contribution is 5.84. The maximum absolute atomic E-state index is 9.47. The van der Waals surface area contributed by atoms with Crippen molar-refractivity contribution < 1.29 is 4.79 Å². The van der Waals surface area contributed by atoms with Crippen LogP contribution >= 0.6 is 0 Å². The van der Waals surface area contributed by atoms with Gasteiger partial charge >= 0.3 is 0 Å². The molecule has 0 unspecified atom stereocenters. The van der Waals surface area contributed by atoms with E-state index in [-0.39, 0.29) is 0 Å². The number of rotatable bonds is 1. The maximum atomic E-state index is 9.47. The predicted molar refractivity (Wildman–Crippen MR) is 44.5 cm³/mol. The summed E-state index contributed by atoms with van der Waals surface area (Å²) < 4.78 is 0. The Hall–Kier alpha value is -1.29. The van der Waals surface area contributed by atoms with Gasteiger partial charge in [0.15, 0.2) is 0 Å². The minimum absolute atomic E-state index is 0.481. The van der Waals surface area contributed by atoms with Crippen molar-refractivity contribution in [1.82, 2.24) is 10.6 Å². The summed E-state index contributed by atoms with van der Waals surface area (Å²) in [7, 11) is 0. The van der Waals surface area contributed by atoms with Crippen LogP contribution in [0.2, 0.25) is 0 Å². The van der Waals surface area contributed by atoms with Crippen LogP contribution in [0.5, 0.6) is 0 Å². The third kappa shape index (κ3) is 8.71. The zero-order valence-electron chi connectivity index (χ0n) is 6.34. The number of hydrogen-bond donors (Lipinski definition) is 3. The smallest absolute Gasteiger partial charge is 0.240 e. The van der Waals surface area contributed by atoms with Gasteiger partial charge in [0.05, 0.1) is 6.67 Å². The summed E-state index contributed by atoms with van der Waals surface area (Å²) in [6.07, 6.45) is 5.06. The molecule has 0 fully saturated rings. The summed E-state index contributed by atoms with van der Waals surface area (Å²) in [6.45, 7) is 5.01. The maximum Gasteiger partial charge on any atom is 0.240 e. The fourth-order valence-electron chi connectivity index (χ4n) is 0.429. The van der Waals surface area contributed by atoms with E-state index < -0.39 is 5.91 Å². The molecule has 1 heterocycles. The van der Waals surface area contributed by atoms with Crippen molar-refractivity contribution in [2.75, 3.05) is 13.2 Å². The van der Waals surface area contributed by atoms with Crippen LogP contribution in [-0.4, -0.2) is 19.1 Å². The molecular formula is C7H13N3O. The second-order valence-corrected chi connectivity index (χ2v) is 1.84. The molecule has 1 aliphatic rings. The molecular weight excluding hydrogens is 142 g/mol. The molecule has 0 radical (unpaired) electrons. The molecule has 0 aromatic heterocycles. The van der Waals surface area contributed by atoms with Crippen LogP contribution in [0, 0.1) is 0 Å². The molecule has 1 rings (SSSR count). The Morgan fingerprint density at radius 1 is 1.73 bits per heavy atom. The van der Waals surface area contributed by atoms with Gasteiger partial charge in [-0.25, -0.2) is 0 Å². The third-order valence-electron chi connectivity index (χ3n) is 0.926. The summed E-state index contributed by atoms with van der Waals surface area (Å²) in [4.78, 5) is 9.47. The highest BCUT2D eigenvalue weighted by Gasteiger charge is 1.81. The van der Waals surface area contributed by atoms with Crippen molar-refractivity contribution in [3.63, 3.8) is 0 Å². The highest BCUT2D eigenvalue weighted by atomic mass is 16.1. The number of nitrogens with two attached hydrogens (primary N) is 1. The molecule has 0 aromatic carbocycles. The summed E-state index contributed by atoms with van der Waals surface area (Å²) >= 11 is 0. The van der Waals surface area contributed by atoms with Gasteiger partial charge in [-0.3, -0.25) is 10.1 Å². The topological polar surface area (TPSA) is 67.2 Å². The van der Waals surface area contributed by atoms with E-state index >= 15 is 0 Å². The minimum Gasteiger partial charge on any atom is -0.379 e. The number of amides is 1. The van der Waals surface area contributed by atoms with Crippen molar-refractivity contribution in [3.05, 3.63) is 24.9 Å². The van der Waals surface area contributed by atoms with Gasteiger partial charge in [-0.05, 0) is 12.3 Å². The molecule has 0 saturated heterocycles. The number of hydrogen-bond acceptors (Lipinski definition) is 3. The van der Waals surface area contributed by atoms with Crippen molar-refractivity contribution in [2.45, 2.75) is 0 Å². The van der Waals surface area contributed by atoms with Gasteiger partial charge < -0.3 is 11.1 Å². The van der Waals surface area contributed by atoms with Gasteiger partial charge in [0.2, 0.25) is 5.91 Å². The Morgan fingerprint density at radius 2 is 2.36 bits per heavy atom. The summed E-state index contributed by atoms with van der Waals surface area (Å²) in [6, 6.07) is 0. The van der Waals surface area contributed by atoms with Crippen LogP contribution in [0.1, 0.15) is 0 Å². The molecule has 4 N–H and O–H groups in total. The molecule has 0 bridgehead atoms. The van der Waals surface area contributed by atoms with Crippen LogP contribution in [0.4, 0.5) is 0 Å². The van der Waals surface area contributed by atoms with E-state index in [1.54, 1.807) is 0 Å². The van der Waals surface area contributed by atoms with Crippen molar-refractivity contribution >= 4 is 5.91 Å². The van der Waals surface area contributed by atoms with E-state index in [0.717, 1.165) is 19.3 Å². The second-order valence-electron chi connectivity index (χ2n) is 1.84. The Balaban J connectivity index is 0.000000187. The normalized spacial score (nSPS) is 13.8. The van der Waals surface area contributed by atoms with Crippen LogP contribution in [-0.2, 0) is 4.79 Å². The fraction of sp³-hybridized carbons (Fsp3) is 0.286. The number of primary amides is 1.